The van der Waals surface area contributed by atoms with E-state index in [1.807, 2.05) is 18.2 Å². The molecule has 0 unspecified atom stereocenters. The maximum atomic E-state index is 10.7. The van der Waals surface area contributed by atoms with Crippen molar-refractivity contribution >= 4 is 17.2 Å². The number of rotatable bonds is 3. The van der Waals surface area contributed by atoms with Gasteiger partial charge in [-0.1, -0.05) is 23.8 Å². The van der Waals surface area contributed by atoms with Crippen LogP contribution in [-0.2, 0) is 6.54 Å². The highest BCUT2D eigenvalue weighted by atomic mass is 16.1. The molecule has 2 rings (SSSR count). The van der Waals surface area contributed by atoms with Crippen molar-refractivity contribution in [1.82, 2.24) is 4.57 Å². The van der Waals surface area contributed by atoms with Crippen LogP contribution in [0.15, 0.2) is 42.1 Å². The lowest BCUT2D eigenvalue weighted by Crippen LogP contribution is -1.93. The number of carbonyl (C=O) groups excluding carboxylic acids is 1. The molecule has 1 heterocycles. The first-order valence-electron chi connectivity index (χ1n) is 5.38. The summed E-state index contributed by atoms with van der Waals surface area (Å²) >= 11 is 0. The number of allylic oxidation sites excluding steroid dienone is 2. The normalized spacial score (nSPS) is 10.4. The summed E-state index contributed by atoms with van der Waals surface area (Å²) in [6, 6.07) is 7.84. The van der Waals surface area contributed by atoms with E-state index in [9.17, 15) is 4.79 Å². The number of aldehydes is 1. The molecule has 0 fully saturated rings. The standard InChI is InChI=1S/C14H15NO/c1-11(2)5-7-15-8-6-13-4-3-12(10-16)9-14(13)15/h3-6,8-10H,7H2,1-2H3. The molecule has 2 heteroatoms. The van der Waals surface area contributed by atoms with Crippen molar-refractivity contribution in [3.63, 3.8) is 0 Å². The number of aromatic nitrogens is 1. The molecule has 0 aliphatic heterocycles. The minimum Gasteiger partial charge on any atom is -0.344 e. The highest BCUT2D eigenvalue weighted by molar-refractivity contribution is 5.87. The number of carbonyl (C=O) groups is 1. The predicted molar refractivity (Wildman–Crippen MR) is 66.8 cm³/mol. The van der Waals surface area contributed by atoms with Gasteiger partial charge < -0.3 is 4.57 Å². The lowest BCUT2D eigenvalue weighted by molar-refractivity contribution is 0.112. The quantitative estimate of drug-likeness (QED) is 0.565. The maximum absolute atomic E-state index is 10.7. The van der Waals surface area contributed by atoms with Crippen molar-refractivity contribution in [3.8, 4) is 0 Å². The molecular weight excluding hydrogens is 198 g/mol. The molecule has 2 nitrogen and oxygen atoms in total. The summed E-state index contributed by atoms with van der Waals surface area (Å²) in [7, 11) is 0. The topological polar surface area (TPSA) is 22.0 Å². The van der Waals surface area contributed by atoms with E-state index in [1.165, 1.54) is 11.0 Å². The van der Waals surface area contributed by atoms with E-state index in [0.29, 0.717) is 0 Å². The molecule has 16 heavy (non-hydrogen) atoms. The average molecular weight is 213 g/mol. The van der Waals surface area contributed by atoms with E-state index in [4.69, 9.17) is 0 Å². The summed E-state index contributed by atoms with van der Waals surface area (Å²) in [6.45, 7) is 5.03. The minimum absolute atomic E-state index is 0.727. The van der Waals surface area contributed by atoms with Gasteiger partial charge in [-0.3, -0.25) is 4.79 Å². The monoisotopic (exact) mass is 213 g/mol. The number of fused-ring (bicyclic) bond motifs is 1. The predicted octanol–water partition coefficient (Wildman–Crippen LogP) is 3.42. The van der Waals surface area contributed by atoms with Gasteiger partial charge in [-0.15, -0.1) is 0 Å². The van der Waals surface area contributed by atoms with Crippen LogP contribution in [0.4, 0.5) is 0 Å². The van der Waals surface area contributed by atoms with Crippen LogP contribution in [0.1, 0.15) is 24.2 Å². The second-order valence-electron chi connectivity index (χ2n) is 4.19. The Kier molecular flexibility index (Phi) is 2.91. The van der Waals surface area contributed by atoms with Crippen LogP contribution >= 0.6 is 0 Å². The summed E-state index contributed by atoms with van der Waals surface area (Å²) in [4.78, 5) is 10.7. The van der Waals surface area contributed by atoms with Crippen LogP contribution in [0, 0.1) is 0 Å². The fourth-order valence-electron chi connectivity index (χ4n) is 1.71. The van der Waals surface area contributed by atoms with Crippen LogP contribution in [0.25, 0.3) is 10.9 Å². The third-order valence-corrected chi connectivity index (χ3v) is 2.63. The Morgan fingerprint density at radius 2 is 2.12 bits per heavy atom. The van der Waals surface area contributed by atoms with E-state index in [1.54, 1.807) is 0 Å². The van der Waals surface area contributed by atoms with Crippen LogP contribution in [0.5, 0.6) is 0 Å². The van der Waals surface area contributed by atoms with Crippen LogP contribution in [0.3, 0.4) is 0 Å². The summed E-state index contributed by atoms with van der Waals surface area (Å²) in [5, 5.41) is 1.17. The van der Waals surface area contributed by atoms with Gasteiger partial charge in [0.2, 0.25) is 0 Å². The Hall–Kier alpha value is -1.83. The van der Waals surface area contributed by atoms with Gasteiger partial charge >= 0.3 is 0 Å². The van der Waals surface area contributed by atoms with Crippen LogP contribution in [0.2, 0.25) is 0 Å². The summed E-state index contributed by atoms with van der Waals surface area (Å²) < 4.78 is 2.15. The van der Waals surface area contributed by atoms with E-state index in [0.717, 1.165) is 23.9 Å². The molecule has 1 aromatic carbocycles. The van der Waals surface area contributed by atoms with Crippen molar-refractivity contribution in [2.75, 3.05) is 0 Å². The van der Waals surface area contributed by atoms with Crippen LogP contribution in [-0.4, -0.2) is 10.9 Å². The molecule has 0 radical (unpaired) electrons. The van der Waals surface area contributed by atoms with Gasteiger partial charge in [-0.05, 0) is 31.4 Å². The average Bonchev–Trinajstić information content (AvgIpc) is 2.68. The lowest BCUT2D eigenvalue weighted by Gasteiger charge is -2.02. The number of hydrogen-bond acceptors (Lipinski definition) is 1. The molecule has 1 aromatic heterocycles. The smallest absolute Gasteiger partial charge is 0.150 e. The van der Waals surface area contributed by atoms with Gasteiger partial charge in [0.1, 0.15) is 6.29 Å². The summed E-state index contributed by atoms with van der Waals surface area (Å²) in [5.41, 5.74) is 3.14. The maximum Gasteiger partial charge on any atom is 0.150 e. The van der Waals surface area contributed by atoms with Crippen molar-refractivity contribution in [1.29, 1.82) is 0 Å². The molecule has 0 aliphatic rings. The van der Waals surface area contributed by atoms with Crippen molar-refractivity contribution in [3.05, 3.63) is 47.7 Å². The van der Waals surface area contributed by atoms with Crippen molar-refractivity contribution in [2.24, 2.45) is 0 Å². The minimum atomic E-state index is 0.727. The highest BCUT2D eigenvalue weighted by Crippen LogP contribution is 2.17. The van der Waals surface area contributed by atoms with Gasteiger partial charge in [0, 0.05) is 23.8 Å². The zero-order valence-electron chi connectivity index (χ0n) is 9.60. The van der Waals surface area contributed by atoms with E-state index >= 15 is 0 Å². The molecule has 0 atom stereocenters. The fraction of sp³-hybridized carbons (Fsp3) is 0.214. The Bertz CT molecular complexity index is 545. The van der Waals surface area contributed by atoms with Gasteiger partial charge in [0.15, 0.2) is 0 Å². The van der Waals surface area contributed by atoms with Gasteiger partial charge in [0.25, 0.3) is 0 Å². The Balaban J connectivity index is 2.45. The molecule has 0 amide bonds. The Morgan fingerprint density at radius 3 is 2.81 bits per heavy atom. The van der Waals surface area contributed by atoms with Gasteiger partial charge in [0.05, 0.1) is 0 Å². The largest absolute Gasteiger partial charge is 0.344 e. The number of benzene rings is 1. The van der Waals surface area contributed by atoms with E-state index in [-0.39, 0.29) is 0 Å². The molecule has 0 saturated heterocycles. The van der Waals surface area contributed by atoms with E-state index in [2.05, 4.69) is 36.8 Å². The molecular formula is C14H15NO. The van der Waals surface area contributed by atoms with Crippen molar-refractivity contribution in [2.45, 2.75) is 20.4 Å². The summed E-state index contributed by atoms with van der Waals surface area (Å²) in [6.07, 6.45) is 5.11. The zero-order valence-corrected chi connectivity index (χ0v) is 9.60. The first-order valence-corrected chi connectivity index (χ1v) is 5.38. The Labute approximate surface area is 95.2 Å². The van der Waals surface area contributed by atoms with Crippen molar-refractivity contribution < 1.29 is 4.79 Å². The third kappa shape index (κ3) is 2.06. The second-order valence-corrected chi connectivity index (χ2v) is 4.19. The summed E-state index contributed by atoms with van der Waals surface area (Å²) in [5.74, 6) is 0. The zero-order chi connectivity index (χ0) is 11.5. The second kappa shape index (κ2) is 4.35. The molecule has 0 spiro atoms. The van der Waals surface area contributed by atoms with E-state index < -0.39 is 0 Å². The number of nitrogens with zero attached hydrogens (tertiary/aromatic N) is 1. The highest BCUT2D eigenvalue weighted by Gasteiger charge is 2.00. The molecule has 0 bridgehead atoms. The number of hydrogen-bond donors (Lipinski definition) is 0. The first kappa shape index (κ1) is 10.7. The molecule has 0 N–H and O–H groups in total. The third-order valence-electron chi connectivity index (χ3n) is 2.63. The Morgan fingerprint density at radius 1 is 1.31 bits per heavy atom. The van der Waals surface area contributed by atoms with Gasteiger partial charge in [-0.25, -0.2) is 0 Å². The molecule has 0 aliphatic carbocycles. The fourth-order valence-corrected chi connectivity index (χ4v) is 1.71. The SMILES string of the molecule is CC(C)=CCn1ccc2ccc(C=O)cc21. The first-order chi connectivity index (χ1) is 7.70. The molecule has 82 valence electrons. The lowest BCUT2D eigenvalue weighted by atomic mass is 10.2. The molecule has 2 aromatic rings. The van der Waals surface area contributed by atoms with Crippen LogP contribution < -0.4 is 0 Å². The molecule has 0 saturated carbocycles. The van der Waals surface area contributed by atoms with Gasteiger partial charge in [-0.2, -0.15) is 0 Å².